The van der Waals surface area contributed by atoms with E-state index >= 15 is 0 Å². The first-order valence-corrected chi connectivity index (χ1v) is 11.8. The molecule has 0 saturated heterocycles. The Morgan fingerprint density at radius 2 is 2.06 bits per heavy atom. The molecule has 0 fully saturated rings. The van der Waals surface area contributed by atoms with Gasteiger partial charge < -0.3 is 15.4 Å². The average molecular weight is 506 g/mol. The van der Waals surface area contributed by atoms with Gasteiger partial charge in [0.2, 0.25) is 0 Å². The summed E-state index contributed by atoms with van der Waals surface area (Å²) < 4.78 is 7.98. The van der Waals surface area contributed by atoms with Crippen LogP contribution in [-0.4, -0.2) is 56.2 Å². The van der Waals surface area contributed by atoms with Crippen molar-refractivity contribution in [2.24, 2.45) is 0 Å². The van der Waals surface area contributed by atoms with Crippen molar-refractivity contribution in [1.29, 1.82) is 0 Å². The lowest BCUT2D eigenvalue weighted by molar-refractivity contribution is 0.0822. The summed E-state index contributed by atoms with van der Waals surface area (Å²) in [5, 5.41) is 5.92. The number of aromatic nitrogens is 5. The molecule has 0 bridgehead atoms. The van der Waals surface area contributed by atoms with Crippen LogP contribution in [0.2, 0.25) is 5.02 Å². The van der Waals surface area contributed by atoms with Gasteiger partial charge in [0.1, 0.15) is 23.6 Å². The van der Waals surface area contributed by atoms with E-state index in [0.717, 1.165) is 22.3 Å². The number of amides is 1. The van der Waals surface area contributed by atoms with Crippen LogP contribution in [0.1, 0.15) is 47.2 Å². The minimum atomic E-state index is -0.323. The lowest BCUT2D eigenvalue weighted by Gasteiger charge is -2.23. The first-order valence-electron chi connectivity index (χ1n) is 11.4. The van der Waals surface area contributed by atoms with Crippen LogP contribution in [0.3, 0.4) is 0 Å². The van der Waals surface area contributed by atoms with E-state index in [9.17, 15) is 4.79 Å². The number of anilines is 1. The molecule has 4 rings (SSSR count). The van der Waals surface area contributed by atoms with E-state index in [-0.39, 0.29) is 11.9 Å². The number of nitrogen functional groups attached to an aromatic ring is 1. The Bertz CT molecular complexity index is 1460. The number of carbonyl (C=O) groups excluding carboxylic acids is 1. The predicted octanol–water partition coefficient (Wildman–Crippen LogP) is 4.79. The number of halogens is 1. The fourth-order valence-electron chi connectivity index (χ4n) is 4.17. The number of rotatable bonds is 7. The number of carbonyl (C=O) groups is 1. The third-order valence-corrected chi connectivity index (χ3v) is 6.42. The average Bonchev–Trinajstić information content (AvgIpc) is 3.26. The Balaban J connectivity index is 1.92. The highest BCUT2D eigenvalue weighted by molar-refractivity contribution is 6.32. The van der Waals surface area contributed by atoms with Gasteiger partial charge in [0.25, 0.3) is 5.91 Å². The zero-order valence-corrected chi connectivity index (χ0v) is 21.7. The van der Waals surface area contributed by atoms with Crippen LogP contribution in [0.5, 0.6) is 5.75 Å². The van der Waals surface area contributed by atoms with Crippen molar-refractivity contribution in [1.82, 2.24) is 29.6 Å². The number of hydrogen-bond acceptors (Lipinski definition) is 7. The molecule has 0 aliphatic heterocycles. The van der Waals surface area contributed by atoms with Gasteiger partial charge in [-0.1, -0.05) is 24.2 Å². The van der Waals surface area contributed by atoms with Crippen LogP contribution in [0, 0.1) is 6.92 Å². The van der Waals surface area contributed by atoms with E-state index in [0.29, 0.717) is 45.6 Å². The van der Waals surface area contributed by atoms with Gasteiger partial charge in [-0.3, -0.25) is 9.78 Å². The molecule has 1 atom stereocenters. The molecule has 0 radical (unpaired) electrons. The third kappa shape index (κ3) is 4.26. The molecular formula is C26H28ClN7O2. The molecule has 2 N–H and O–H groups in total. The first-order chi connectivity index (χ1) is 17.2. The summed E-state index contributed by atoms with van der Waals surface area (Å²) in [6, 6.07) is 5.12. The molecule has 3 aromatic heterocycles. The van der Waals surface area contributed by atoms with E-state index in [4.69, 9.17) is 27.2 Å². The van der Waals surface area contributed by atoms with Gasteiger partial charge in [-0.2, -0.15) is 5.10 Å². The monoisotopic (exact) mass is 505 g/mol. The molecule has 186 valence electrons. The van der Waals surface area contributed by atoms with Crippen LogP contribution in [-0.2, 0) is 0 Å². The Morgan fingerprint density at radius 1 is 1.31 bits per heavy atom. The van der Waals surface area contributed by atoms with Crippen molar-refractivity contribution in [2.45, 2.75) is 26.8 Å². The second-order valence-electron chi connectivity index (χ2n) is 8.51. The summed E-state index contributed by atoms with van der Waals surface area (Å²) in [5.74, 6) is 0.819. The standard InChI is InChI=1S/C26H28ClN7O2/c1-7-19-22-24(28)30-13-31-25(22)34(32-19)15(4)17-11-18(27)14(3)21(23(17)36-8-2)16-9-10-20(29-12-16)26(35)33(5)6/h7,9-13,15H,1,8H2,2-6H3,(H2,28,30,31). The number of fused-ring (bicyclic) bond motifs is 1. The number of ether oxygens (including phenoxy) is 1. The zero-order valence-electron chi connectivity index (χ0n) is 20.9. The Kier molecular flexibility index (Phi) is 6.94. The van der Waals surface area contributed by atoms with Gasteiger partial charge in [-0.05, 0) is 44.5 Å². The van der Waals surface area contributed by atoms with Gasteiger partial charge in [0, 0.05) is 42.0 Å². The van der Waals surface area contributed by atoms with Crippen LogP contribution in [0.15, 0.2) is 37.3 Å². The molecule has 10 heteroatoms. The highest BCUT2D eigenvalue weighted by Crippen LogP contribution is 2.43. The van der Waals surface area contributed by atoms with Gasteiger partial charge in [-0.15, -0.1) is 0 Å². The normalized spacial score (nSPS) is 11.9. The van der Waals surface area contributed by atoms with E-state index in [1.165, 1.54) is 11.2 Å². The fraction of sp³-hybridized carbons (Fsp3) is 0.269. The van der Waals surface area contributed by atoms with Crippen LogP contribution >= 0.6 is 11.6 Å². The largest absolute Gasteiger partial charge is 0.493 e. The van der Waals surface area contributed by atoms with E-state index in [1.54, 1.807) is 37.1 Å². The Labute approximate surface area is 214 Å². The van der Waals surface area contributed by atoms with Crippen molar-refractivity contribution in [2.75, 3.05) is 26.4 Å². The van der Waals surface area contributed by atoms with E-state index in [2.05, 4.69) is 21.5 Å². The molecule has 1 unspecified atom stereocenters. The Hall–Kier alpha value is -3.98. The van der Waals surface area contributed by atoms with Crippen LogP contribution in [0.4, 0.5) is 5.82 Å². The van der Waals surface area contributed by atoms with Crippen molar-refractivity contribution in [3.63, 3.8) is 0 Å². The summed E-state index contributed by atoms with van der Waals surface area (Å²) in [4.78, 5) is 26.7. The second kappa shape index (κ2) is 9.94. The highest BCUT2D eigenvalue weighted by Gasteiger charge is 2.26. The maximum absolute atomic E-state index is 12.3. The number of hydrogen-bond donors (Lipinski definition) is 1. The molecule has 3 heterocycles. The third-order valence-electron chi connectivity index (χ3n) is 6.03. The molecule has 36 heavy (non-hydrogen) atoms. The molecule has 4 aromatic rings. The molecule has 0 aliphatic rings. The quantitative estimate of drug-likeness (QED) is 0.384. The minimum absolute atomic E-state index is 0.173. The fourth-order valence-corrected chi connectivity index (χ4v) is 4.38. The number of benzene rings is 1. The van der Waals surface area contributed by atoms with Gasteiger partial charge in [0.15, 0.2) is 5.65 Å². The molecule has 9 nitrogen and oxygen atoms in total. The van der Waals surface area contributed by atoms with E-state index < -0.39 is 0 Å². The minimum Gasteiger partial charge on any atom is -0.493 e. The summed E-state index contributed by atoms with van der Waals surface area (Å²) in [5.41, 5.74) is 10.9. The lowest BCUT2D eigenvalue weighted by Crippen LogP contribution is -2.22. The summed E-state index contributed by atoms with van der Waals surface area (Å²) in [7, 11) is 3.38. The van der Waals surface area contributed by atoms with Gasteiger partial charge in [0.05, 0.1) is 23.7 Å². The molecule has 1 aromatic carbocycles. The van der Waals surface area contributed by atoms with Crippen LogP contribution in [0.25, 0.3) is 28.2 Å². The van der Waals surface area contributed by atoms with Crippen molar-refractivity contribution in [3.8, 4) is 16.9 Å². The maximum atomic E-state index is 12.3. The zero-order chi connectivity index (χ0) is 26.1. The van der Waals surface area contributed by atoms with Crippen molar-refractivity contribution >= 4 is 40.4 Å². The predicted molar refractivity (Wildman–Crippen MR) is 142 cm³/mol. The van der Waals surface area contributed by atoms with Crippen molar-refractivity contribution < 1.29 is 9.53 Å². The summed E-state index contributed by atoms with van der Waals surface area (Å²) in [6.45, 7) is 10.1. The van der Waals surface area contributed by atoms with E-state index in [1.807, 2.05) is 32.9 Å². The smallest absolute Gasteiger partial charge is 0.271 e. The second-order valence-corrected chi connectivity index (χ2v) is 8.92. The molecule has 0 saturated carbocycles. The number of nitrogens with two attached hydrogens (primary N) is 1. The lowest BCUT2D eigenvalue weighted by atomic mass is 9.94. The topological polar surface area (TPSA) is 112 Å². The summed E-state index contributed by atoms with van der Waals surface area (Å²) >= 11 is 6.74. The number of nitrogens with zero attached hydrogens (tertiary/aromatic N) is 6. The van der Waals surface area contributed by atoms with Gasteiger partial charge >= 0.3 is 0 Å². The number of pyridine rings is 1. The molecule has 0 aliphatic carbocycles. The van der Waals surface area contributed by atoms with Crippen LogP contribution < -0.4 is 10.5 Å². The van der Waals surface area contributed by atoms with Crippen molar-refractivity contribution in [3.05, 3.63) is 64.8 Å². The molecule has 1 amide bonds. The highest BCUT2D eigenvalue weighted by atomic mass is 35.5. The Morgan fingerprint density at radius 3 is 2.67 bits per heavy atom. The summed E-state index contributed by atoms with van der Waals surface area (Å²) in [6.07, 6.45) is 4.71. The molecule has 0 spiro atoms. The maximum Gasteiger partial charge on any atom is 0.271 e. The molecular weight excluding hydrogens is 478 g/mol. The van der Waals surface area contributed by atoms with Gasteiger partial charge in [-0.25, -0.2) is 14.6 Å². The SMILES string of the molecule is C=Cc1nn(C(C)c2cc(Cl)c(C)c(-c3ccc(C(=O)N(C)C)nc3)c2OCC)c2ncnc(N)c12. The first kappa shape index (κ1) is 25.1.